The maximum absolute atomic E-state index is 13.0. The fourth-order valence-electron chi connectivity index (χ4n) is 3.10. The summed E-state index contributed by atoms with van der Waals surface area (Å²) in [7, 11) is 0. The quantitative estimate of drug-likeness (QED) is 0.353. The van der Waals surface area contributed by atoms with Crippen LogP contribution in [0.15, 0.2) is 108 Å². The van der Waals surface area contributed by atoms with Gasteiger partial charge in [-0.3, -0.25) is 9.59 Å². The fourth-order valence-corrected chi connectivity index (χ4v) is 3.91. The molecule has 6 heteroatoms. The fraction of sp³-hybridized carbons (Fsp3) is 0.0385. The van der Waals surface area contributed by atoms with E-state index < -0.39 is 0 Å². The number of rotatable bonds is 7. The minimum atomic E-state index is -0.288. The van der Waals surface area contributed by atoms with E-state index in [4.69, 9.17) is 0 Å². The highest BCUT2D eigenvalue weighted by atomic mass is 32.2. The molecular formula is C26H21N3O2S. The predicted octanol–water partition coefficient (Wildman–Crippen LogP) is 5.88. The van der Waals surface area contributed by atoms with Gasteiger partial charge in [-0.15, -0.1) is 11.8 Å². The Morgan fingerprint density at radius 3 is 2.34 bits per heavy atom. The van der Waals surface area contributed by atoms with Crippen LogP contribution in [0.5, 0.6) is 0 Å². The van der Waals surface area contributed by atoms with Gasteiger partial charge in [-0.2, -0.15) is 0 Å². The lowest BCUT2D eigenvalue weighted by atomic mass is 10.1. The molecule has 0 fully saturated rings. The van der Waals surface area contributed by atoms with Crippen LogP contribution in [0.25, 0.3) is 0 Å². The molecule has 0 bridgehead atoms. The number of para-hydroxylation sites is 1. The Labute approximate surface area is 190 Å². The van der Waals surface area contributed by atoms with Crippen LogP contribution in [0.3, 0.4) is 0 Å². The van der Waals surface area contributed by atoms with Crippen molar-refractivity contribution in [2.45, 2.75) is 10.8 Å². The highest BCUT2D eigenvalue weighted by Gasteiger charge is 2.14. The molecule has 0 aliphatic rings. The number of hydrogen-bond acceptors (Lipinski definition) is 4. The first-order valence-corrected chi connectivity index (χ1v) is 11.1. The van der Waals surface area contributed by atoms with Crippen LogP contribution in [-0.4, -0.2) is 16.8 Å². The summed E-state index contributed by atoms with van der Waals surface area (Å²) in [5, 5.41) is 6.72. The molecule has 0 saturated carbocycles. The number of aromatic nitrogens is 1. The Morgan fingerprint density at radius 2 is 1.53 bits per heavy atom. The molecule has 0 aliphatic heterocycles. The van der Waals surface area contributed by atoms with Gasteiger partial charge in [-0.1, -0.05) is 48.5 Å². The van der Waals surface area contributed by atoms with Gasteiger partial charge in [0.25, 0.3) is 11.8 Å². The summed E-state index contributed by atoms with van der Waals surface area (Å²) in [6.45, 7) is 0. The summed E-state index contributed by atoms with van der Waals surface area (Å²) >= 11 is 1.63. The average molecular weight is 440 g/mol. The smallest absolute Gasteiger partial charge is 0.257 e. The van der Waals surface area contributed by atoms with Crippen molar-refractivity contribution in [3.8, 4) is 0 Å². The lowest BCUT2D eigenvalue weighted by molar-refractivity contribution is 0.102. The third kappa shape index (κ3) is 5.62. The van der Waals surface area contributed by atoms with Crippen molar-refractivity contribution in [2.24, 2.45) is 0 Å². The summed E-state index contributed by atoms with van der Waals surface area (Å²) in [5.41, 5.74) is 3.15. The Kier molecular flexibility index (Phi) is 6.94. The van der Waals surface area contributed by atoms with Gasteiger partial charge in [0.1, 0.15) is 0 Å². The first-order chi connectivity index (χ1) is 15.7. The molecule has 2 N–H and O–H groups in total. The molecule has 4 aromatic rings. The number of thioether (sulfide) groups is 1. The van der Waals surface area contributed by atoms with E-state index in [9.17, 15) is 9.59 Å². The van der Waals surface area contributed by atoms with E-state index in [1.807, 2.05) is 48.5 Å². The minimum Gasteiger partial charge on any atom is -0.322 e. The van der Waals surface area contributed by atoms with Crippen molar-refractivity contribution in [2.75, 3.05) is 10.6 Å². The number of nitrogens with zero attached hydrogens (tertiary/aromatic N) is 1. The molecule has 0 aliphatic carbocycles. The Balaban J connectivity index is 1.45. The molecule has 5 nitrogen and oxygen atoms in total. The van der Waals surface area contributed by atoms with Crippen molar-refractivity contribution in [1.29, 1.82) is 0 Å². The zero-order valence-corrected chi connectivity index (χ0v) is 18.0. The van der Waals surface area contributed by atoms with E-state index in [-0.39, 0.29) is 11.8 Å². The molecule has 3 aromatic carbocycles. The van der Waals surface area contributed by atoms with E-state index in [0.29, 0.717) is 22.5 Å². The highest BCUT2D eigenvalue weighted by molar-refractivity contribution is 7.98. The number of carbonyl (C=O) groups excluding carboxylic acids is 2. The molecule has 1 aromatic heterocycles. The normalized spacial score (nSPS) is 10.4. The monoisotopic (exact) mass is 439 g/mol. The number of anilines is 2. The number of carbonyl (C=O) groups is 2. The molecule has 1 heterocycles. The maximum Gasteiger partial charge on any atom is 0.257 e. The molecule has 0 spiro atoms. The van der Waals surface area contributed by atoms with E-state index in [1.165, 1.54) is 0 Å². The van der Waals surface area contributed by atoms with E-state index in [2.05, 4.69) is 15.6 Å². The molecule has 158 valence electrons. The second kappa shape index (κ2) is 10.4. The van der Waals surface area contributed by atoms with Crippen LogP contribution in [0.1, 0.15) is 26.3 Å². The predicted molar refractivity (Wildman–Crippen MR) is 129 cm³/mol. The first-order valence-electron chi connectivity index (χ1n) is 10.1. The number of benzene rings is 3. The number of nitrogens with one attached hydrogen (secondary N) is 2. The molecule has 0 unspecified atom stereocenters. The Bertz CT molecular complexity index is 1210. The molecule has 2 amide bonds. The van der Waals surface area contributed by atoms with Crippen LogP contribution >= 0.6 is 11.8 Å². The number of amides is 2. The summed E-state index contributed by atoms with van der Waals surface area (Å²) in [6.07, 6.45) is 1.77. The van der Waals surface area contributed by atoms with Crippen molar-refractivity contribution >= 4 is 35.0 Å². The molecule has 0 atom stereocenters. The third-order valence-electron chi connectivity index (χ3n) is 4.67. The summed E-state index contributed by atoms with van der Waals surface area (Å²) < 4.78 is 0. The molecule has 32 heavy (non-hydrogen) atoms. The van der Waals surface area contributed by atoms with Gasteiger partial charge in [0.05, 0.1) is 16.3 Å². The summed E-state index contributed by atoms with van der Waals surface area (Å²) in [6, 6.07) is 29.4. The number of pyridine rings is 1. The van der Waals surface area contributed by atoms with E-state index >= 15 is 0 Å². The van der Waals surface area contributed by atoms with Crippen LogP contribution in [0.2, 0.25) is 0 Å². The van der Waals surface area contributed by atoms with Crippen molar-refractivity contribution < 1.29 is 9.59 Å². The van der Waals surface area contributed by atoms with Crippen molar-refractivity contribution in [1.82, 2.24) is 4.98 Å². The van der Waals surface area contributed by atoms with Crippen molar-refractivity contribution in [3.63, 3.8) is 0 Å². The van der Waals surface area contributed by atoms with Crippen LogP contribution in [-0.2, 0) is 5.75 Å². The van der Waals surface area contributed by atoms with E-state index in [1.54, 1.807) is 66.5 Å². The van der Waals surface area contributed by atoms with Crippen LogP contribution in [0.4, 0.5) is 11.4 Å². The first kappa shape index (κ1) is 21.3. The molecule has 0 saturated heterocycles. The van der Waals surface area contributed by atoms with Gasteiger partial charge >= 0.3 is 0 Å². The molecular weight excluding hydrogens is 418 g/mol. The Morgan fingerprint density at radius 1 is 0.750 bits per heavy atom. The summed E-state index contributed by atoms with van der Waals surface area (Å²) in [4.78, 5) is 29.8. The average Bonchev–Trinajstić information content (AvgIpc) is 2.84. The maximum atomic E-state index is 13.0. The molecule has 4 rings (SSSR count). The molecule has 0 radical (unpaired) electrons. The lowest BCUT2D eigenvalue weighted by Gasteiger charge is -2.12. The van der Waals surface area contributed by atoms with Gasteiger partial charge in [-0.25, -0.2) is 4.98 Å². The van der Waals surface area contributed by atoms with Gasteiger partial charge in [0.2, 0.25) is 0 Å². The zero-order valence-electron chi connectivity index (χ0n) is 17.2. The Hall–Kier alpha value is -3.90. The second-order valence-electron chi connectivity index (χ2n) is 6.98. The van der Waals surface area contributed by atoms with Gasteiger partial charge in [-0.05, 0) is 54.1 Å². The highest BCUT2D eigenvalue weighted by Crippen LogP contribution is 2.23. The summed E-state index contributed by atoms with van der Waals surface area (Å²) in [5.74, 6) is 0.188. The largest absolute Gasteiger partial charge is 0.322 e. The van der Waals surface area contributed by atoms with Crippen LogP contribution < -0.4 is 10.6 Å². The standard InChI is InChI=1S/C26H21N3O2S/c30-25(20-10-2-1-3-11-20)29-23-14-5-4-13-22(23)26(31)28-21-12-8-9-19(17-21)18-32-24-15-6-7-16-27-24/h1-17H,18H2,(H,28,31)(H,29,30). The minimum absolute atomic E-state index is 0.264. The lowest BCUT2D eigenvalue weighted by Crippen LogP contribution is -2.18. The number of hydrogen-bond donors (Lipinski definition) is 2. The van der Waals surface area contributed by atoms with Gasteiger partial charge < -0.3 is 10.6 Å². The zero-order chi connectivity index (χ0) is 22.2. The van der Waals surface area contributed by atoms with Crippen LogP contribution in [0, 0.1) is 0 Å². The van der Waals surface area contributed by atoms with Gasteiger partial charge in [0, 0.05) is 23.2 Å². The SMILES string of the molecule is O=C(Nc1ccccc1C(=O)Nc1cccc(CSc2ccccn2)c1)c1ccccc1. The van der Waals surface area contributed by atoms with Crippen molar-refractivity contribution in [3.05, 3.63) is 120 Å². The van der Waals surface area contributed by atoms with E-state index in [0.717, 1.165) is 16.3 Å². The topological polar surface area (TPSA) is 71.1 Å². The third-order valence-corrected chi connectivity index (χ3v) is 5.68. The van der Waals surface area contributed by atoms with Gasteiger partial charge in [0.15, 0.2) is 0 Å². The second-order valence-corrected chi connectivity index (χ2v) is 7.97.